The van der Waals surface area contributed by atoms with Gasteiger partial charge in [0.15, 0.2) is 6.61 Å². The fourth-order valence-electron chi connectivity index (χ4n) is 1.12. The predicted octanol–water partition coefficient (Wildman–Crippen LogP) is 1.96. The Labute approximate surface area is 104 Å². The van der Waals surface area contributed by atoms with Crippen molar-refractivity contribution in [3.8, 4) is 5.88 Å². The Morgan fingerprint density at radius 3 is 2.21 bits per heavy atom. The highest BCUT2D eigenvalue weighted by Crippen LogP contribution is 2.36. The van der Waals surface area contributed by atoms with E-state index in [0.717, 1.165) is 0 Å². The molecule has 0 aromatic carbocycles. The van der Waals surface area contributed by atoms with Gasteiger partial charge in [-0.05, 0) is 13.8 Å². The van der Waals surface area contributed by atoms with Crippen molar-refractivity contribution in [2.75, 3.05) is 12.0 Å². The largest absolute Gasteiger partial charge is 0.471 e. The Balaban J connectivity index is 2.93. The number of nitrogens with two attached hydrogens (primary N) is 1. The summed E-state index contributed by atoms with van der Waals surface area (Å²) in [6.07, 6.45) is -5.68. The van der Waals surface area contributed by atoms with Crippen molar-refractivity contribution >= 4 is 5.82 Å². The molecular formula is C9H11F5N4O. The second kappa shape index (κ2) is 5.11. The minimum absolute atomic E-state index is 0.0813. The fraction of sp³-hybridized carbons (Fsp3) is 0.556. The van der Waals surface area contributed by atoms with E-state index in [-0.39, 0.29) is 23.1 Å². The van der Waals surface area contributed by atoms with Crippen molar-refractivity contribution in [1.29, 1.82) is 0 Å². The molecule has 10 heteroatoms. The van der Waals surface area contributed by atoms with Crippen LogP contribution in [0.4, 0.5) is 27.8 Å². The zero-order valence-electron chi connectivity index (χ0n) is 9.98. The molecule has 19 heavy (non-hydrogen) atoms. The standard InChI is InChI=1S/C9H11F5N4O/c1-4-6(18-15)16-5(2)17-7(4)19-3-8(10,11)9(12,13)14/h3,15H2,1-2H3,(H,16,17,18). The summed E-state index contributed by atoms with van der Waals surface area (Å²) >= 11 is 0. The first kappa shape index (κ1) is 15.3. The number of halogens is 5. The van der Waals surface area contributed by atoms with Gasteiger partial charge in [-0.15, -0.1) is 0 Å². The molecule has 1 heterocycles. The van der Waals surface area contributed by atoms with E-state index in [1.54, 1.807) is 0 Å². The molecule has 0 amide bonds. The van der Waals surface area contributed by atoms with Crippen LogP contribution >= 0.6 is 0 Å². The number of rotatable bonds is 4. The van der Waals surface area contributed by atoms with Crippen molar-refractivity contribution in [2.45, 2.75) is 25.9 Å². The number of aromatic nitrogens is 2. The molecule has 5 nitrogen and oxygen atoms in total. The number of hydrazine groups is 1. The van der Waals surface area contributed by atoms with Gasteiger partial charge in [0.1, 0.15) is 11.6 Å². The molecule has 0 radical (unpaired) electrons. The van der Waals surface area contributed by atoms with Crippen LogP contribution in [0.25, 0.3) is 0 Å². The first-order valence-corrected chi connectivity index (χ1v) is 4.97. The summed E-state index contributed by atoms with van der Waals surface area (Å²) in [4.78, 5) is 7.44. The average Bonchev–Trinajstić information content (AvgIpc) is 2.28. The molecule has 0 saturated carbocycles. The van der Waals surface area contributed by atoms with Gasteiger partial charge in [-0.1, -0.05) is 0 Å². The van der Waals surface area contributed by atoms with E-state index in [9.17, 15) is 22.0 Å². The minimum Gasteiger partial charge on any atom is -0.471 e. The number of hydrogen-bond acceptors (Lipinski definition) is 5. The summed E-state index contributed by atoms with van der Waals surface area (Å²) in [5, 5.41) is 0. The van der Waals surface area contributed by atoms with E-state index < -0.39 is 18.7 Å². The van der Waals surface area contributed by atoms with E-state index >= 15 is 0 Å². The number of anilines is 1. The van der Waals surface area contributed by atoms with Gasteiger partial charge < -0.3 is 10.2 Å². The first-order chi connectivity index (χ1) is 8.58. The Morgan fingerprint density at radius 1 is 1.16 bits per heavy atom. The molecule has 0 aliphatic carbocycles. The molecule has 0 spiro atoms. The van der Waals surface area contributed by atoms with Gasteiger partial charge >= 0.3 is 12.1 Å². The third-order valence-electron chi connectivity index (χ3n) is 2.15. The molecular weight excluding hydrogens is 275 g/mol. The van der Waals surface area contributed by atoms with Crippen LogP contribution in [-0.2, 0) is 0 Å². The highest BCUT2D eigenvalue weighted by atomic mass is 19.4. The quantitative estimate of drug-likeness (QED) is 0.503. The fourth-order valence-corrected chi connectivity index (χ4v) is 1.12. The monoisotopic (exact) mass is 286 g/mol. The number of alkyl halides is 5. The minimum atomic E-state index is -5.68. The Kier molecular flexibility index (Phi) is 4.13. The van der Waals surface area contributed by atoms with Gasteiger partial charge in [0, 0.05) is 0 Å². The van der Waals surface area contributed by atoms with Crippen molar-refractivity contribution in [3.05, 3.63) is 11.4 Å². The van der Waals surface area contributed by atoms with E-state index in [4.69, 9.17) is 5.84 Å². The lowest BCUT2D eigenvalue weighted by molar-refractivity contribution is -0.290. The number of nitrogens with zero attached hydrogens (tertiary/aromatic N) is 2. The molecule has 0 unspecified atom stereocenters. The maximum Gasteiger partial charge on any atom is 0.456 e. The van der Waals surface area contributed by atoms with E-state index in [1.807, 2.05) is 0 Å². The number of nitrogen functional groups attached to an aromatic ring is 1. The molecule has 1 rings (SSSR count). The Hall–Kier alpha value is -1.71. The SMILES string of the molecule is Cc1nc(NN)c(C)c(OCC(F)(F)C(F)(F)F)n1. The normalized spacial score (nSPS) is 12.4. The summed E-state index contributed by atoms with van der Waals surface area (Å²) in [6, 6.07) is 0. The Morgan fingerprint density at radius 2 is 1.74 bits per heavy atom. The molecule has 0 bridgehead atoms. The van der Waals surface area contributed by atoms with Crippen LogP contribution in [0.15, 0.2) is 0 Å². The summed E-state index contributed by atoms with van der Waals surface area (Å²) in [5.74, 6) is -0.0369. The summed E-state index contributed by atoms with van der Waals surface area (Å²) in [6.45, 7) is 0.919. The van der Waals surface area contributed by atoms with Crippen molar-refractivity contribution in [1.82, 2.24) is 9.97 Å². The second-order valence-electron chi connectivity index (χ2n) is 3.68. The maximum absolute atomic E-state index is 12.7. The predicted molar refractivity (Wildman–Crippen MR) is 55.8 cm³/mol. The Bertz CT molecular complexity index is 463. The van der Waals surface area contributed by atoms with E-state index in [1.165, 1.54) is 13.8 Å². The number of nitrogens with one attached hydrogen (secondary N) is 1. The molecule has 0 fully saturated rings. The molecule has 1 aromatic heterocycles. The van der Waals surface area contributed by atoms with Gasteiger partial charge in [0.25, 0.3) is 0 Å². The lowest BCUT2D eigenvalue weighted by Gasteiger charge is -2.20. The molecule has 0 aliphatic heterocycles. The van der Waals surface area contributed by atoms with Crippen LogP contribution in [0, 0.1) is 13.8 Å². The smallest absolute Gasteiger partial charge is 0.456 e. The molecule has 0 aliphatic rings. The lowest BCUT2D eigenvalue weighted by atomic mass is 10.3. The van der Waals surface area contributed by atoms with Gasteiger partial charge in [0.2, 0.25) is 5.88 Å². The zero-order valence-corrected chi connectivity index (χ0v) is 9.98. The van der Waals surface area contributed by atoms with Crippen molar-refractivity contribution < 1.29 is 26.7 Å². The van der Waals surface area contributed by atoms with Crippen LogP contribution in [0.3, 0.4) is 0 Å². The highest BCUT2D eigenvalue weighted by molar-refractivity contribution is 5.47. The third-order valence-corrected chi connectivity index (χ3v) is 2.15. The number of aryl methyl sites for hydroxylation is 1. The lowest BCUT2D eigenvalue weighted by Crippen LogP contribution is -2.42. The van der Waals surface area contributed by atoms with Crippen molar-refractivity contribution in [3.63, 3.8) is 0 Å². The van der Waals surface area contributed by atoms with Gasteiger partial charge in [0.05, 0.1) is 5.56 Å². The van der Waals surface area contributed by atoms with Crippen LogP contribution in [0.2, 0.25) is 0 Å². The first-order valence-electron chi connectivity index (χ1n) is 4.97. The third kappa shape index (κ3) is 3.40. The number of ether oxygens (including phenoxy) is 1. The highest BCUT2D eigenvalue weighted by Gasteiger charge is 2.58. The molecule has 0 saturated heterocycles. The van der Waals surface area contributed by atoms with Gasteiger partial charge in [-0.2, -0.15) is 26.9 Å². The topological polar surface area (TPSA) is 73.1 Å². The number of hydrogen-bond donors (Lipinski definition) is 2. The van der Waals surface area contributed by atoms with Gasteiger partial charge in [-0.25, -0.2) is 10.8 Å². The summed E-state index contributed by atoms with van der Waals surface area (Å²) in [7, 11) is 0. The summed E-state index contributed by atoms with van der Waals surface area (Å²) in [5.41, 5.74) is 2.29. The van der Waals surface area contributed by atoms with Gasteiger partial charge in [-0.3, -0.25) is 0 Å². The van der Waals surface area contributed by atoms with Crippen LogP contribution in [-0.4, -0.2) is 28.7 Å². The van der Waals surface area contributed by atoms with E-state index in [2.05, 4.69) is 20.1 Å². The molecule has 0 atom stereocenters. The second-order valence-corrected chi connectivity index (χ2v) is 3.68. The van der Waals surface area contributed by atoms with Crippen LogP contribution < -0.4 is 16.0 Å². The zero-order chi connectivity index (χ0) is 14.8. The molecule has 108 valence electrons. The van der Waals surface area contributed by atoms with Crippen LogP contribution in [0.1, 0.15) is 11.4 Å². The van der Waals surface area contributed by atoms with Crippen LogP contribution in [0.5, 0.6) is 5.88 Å². The summed E-state index contributed by atoms with van der Waals surface area (Å²) < 4.78 is 65.7. The molecule has 3 N–H and O–H groups in total. The van der Waals surface area contributed by atoms with E-state index in [0.29, 0.717) is 0 Å². The van der Waals surface area contributed by atoms with Crippen molar-refractivity contribution in [2.24, 2.45) is 5.84 Å². The maximum atomic E-state index is 12.7. The molecule has 1 aromatic rings. The average molecular weight is 286 g/mol.